The van der Waals surface area contributed by atoms with Gasteiger partial charge in [0.1, 0.15) is 0 Å². The molecule has 1 aliphatic rings. The highest BCUT2D eigenvalue weighted by atomic mass is 16.1. The van der Waals surface area contributed by atoms with E-state index in [0.717, 1.165) is 26.1 Å². The highest BCUT2D eigenvalue weighted by molar-refractivity contribution is 5.77. The summed E-state index contributed by atoms with van der Waals surface area (Å²) in [7, 11) is 0. The standard InChI is InChI=1S/C14H29N3O/c1-4-17-8-6-13(11-17)9-15-10-14(18)16-7-5-12(2)3/h12-13,15H,4-11H2,1-3H3,(H,16,18). The number of nitrogens with zero attached hydrogens (tertiary/aromatic N) is 1. The molecule has 1 atom stereocenters. The van der Waals surface area contributed by atoms with Gasteiger partial charge in [-0.3, -0.25) is 4.79 Å². The number of hydrogen-bond donors (Lipinski definition) is 2. The van der Waals surface area contributed by atoms with E-state index in [1.54, 1.807) is 0 Å². The summed E-state index contributed by atoms with van der Waals surface area (Å²) in [6.07, 6.45) is 2.32. The van der Waals surface area contributed by atoms with Crippen molar-refractivity contribution in [1.29, 1.82) is 0 Å². The summed E-state index contributed by atoms with van der Waals surface area (Å²) in [5.74, 6) is 1.49. The molecule has 1 saturated heterocycles. The Hall–Kier alpha value is -0.610. The molecule has 0 saturated carbocycles. The molecule has 1 aliphatic heterocycles. The second kappa shape index (κ2) is 8.48. The lowest BCUT2D eigenvalue weighted by atomic mass is 10.1. The van der Waals surface area contributed by atoms with Gasteiger partial charge in [0.15, 0.2) is 0 Å². The third kappa shape index (κ3) is 6.36. The predicted octanol–water partition coefficient (Wildman–Crippen LogP) is 1.08. The van der Waals surface area contributed by atoms with Crippen LogP contribution in [0.1, 0.15) is 33.6 Å². The second-order valence-corrected chi connectivity index (χ2v) is 5.71. The minimum absolute atomic E-state index is 0.126. The zero-order chi connectivity index (χ0) is 13.4. The molecule has 0 spiro atoms. The van der Waals surface area contributed by atoms with Crippen molar-refractivity contribution in [3.8, 4) is 0 Å². The van der Waals surface area contributed by atoms with E-state index in [0.29, 0.717) is 18.4 Å². The fourth-order valence-corrected chi connectivity index (χ4v) is 2.32. The maximum Gasteiger partial charge on any atom is 0.233 e. The topological polar surface area (TPSA) is 44.4 Å². The number of carbonyl (C=O) groups excluding carboxylic acids is 1. The molecule has 4 heteroatoms. The summed E-state index contributed by atoms with van der Waals surface area (Å²) in [5.41, 5.74) is 0. The first-order valence-electron chi connectivity index (χ1n) is 7.31. The molecule has 2 N–H and O–H groups in total. The highest BCUT2D eigenvalue weighted by Gasteiger charge is 2.20. The zero-order valence-electron chi connectivity index (χ0n) is 12.2. The van der Waals surface area contributed by atoms with E-state index in [-0.39, 0.29) is 5.91 Å². The van der Waals surface area contributed by atoms with Gasteiger partial charge in [0.2, 0.25) is 5.91 Å². The van der Waals surface area contributed by atoms with E-state index in [4.69, 9.17) is 0 Å². The molecule has 0 aliphatic carbocycles. The summed E-state index contributed by atoms with van der Waals surface area (Å²) >= 11 is 0. The fourth-order valence-electron chi connectivity index (χ4n) is 2.32. The fraction of sp³-hybridized carbons (Fsp3) is 0.929. The molecule has 106 valence electrons. The van der Waals surface area contributed by atoms with E-state index in [1.165, 1.54) is 19.5 Å². The number of rotatable bonds is 8. The third-order valence-corrected chi connectivity index (χ3v) is 3.58. The molecule has 1 rings (SSSR count). The van der Waals surface area contributed by atoms with Gasteiger partial charge in [-0.15, -0.1) is 0 Å². The quantitative estimate of drug-likeness (QED) is 0.682. The van der Waals surface area contributed by atoms with Gasteiger partial charge in [-0.1, -0.05) is 20.8 Å². The second-order valence-electron chi connectivity index (χ2n) is 5.71. The largest absolute Gasteiger partial charge is 0.355 e. The molecule has 18 heavy (non-hydrogen) atoms. The molecule has 0 radical (unpaired) electrons. The van der Waals surface area contributed by atoms with Crippen LogP contribution >= 0.6 is 0 Å². The zero-order valence-corrected chi connectivity index (χ0v) is 12.2. The van der Waals surface area contributed by atoms with Crippen LogP contribution in [0.4, 0.5) is 0 Å². The lowest BCUT2D eigenvalue weighted by Crippen LogP contribution is -2.37. The van der Waals surface area contributed by atoms with Crippen molar-refractivity contribution in [2.24, 2.45) is 11.8 Å². The number of amides is 1. The van der Waals surface area contributed by atoms with E-state index in [9.17, 15) is 4.79 Å². The van der Waals surface area contributed by atoms with Crippen molar-refractivity contribution in [3.05, 3.63) is 0 Å². The molecule has 0 aromatic heterocycles. The molecular weight excluding hydrogens is 226 g/mol. The van der Waals surface area contributed by atoms with Gasteiger partial charge in [-0.25, -0.2) is 0 Å². The van der Waals surface area contributed by atoms with E-state index in [2.05, 4.69) is 36.3 Å². The molecular formula is C14H29N3O. The Morgan fingerprint density at radius 3 is 2.83 bits per heavy atom. The number of likely N-dealkylation sites (tertiary alicyclic amines) is 1. The average molecular weight is 255 g/mol. The summed E-state index contributed by atoms with van der Waals surface area (Å²) in [5, 5.41) is 6.22. The Bertz CT molecular complexity index is 243. The van der Waals surface area contributed by atoms with Crippen LogP contribution in [0.15, 0.2) is 0 Å². The van der Waals surface area contributed by atoms with Crippen LogP contribution in [0.5, 0.6) is 0 Å². The van der Waals surface area contributed by atoms with E-state index < -0.39 is 0 Å². The van der Waals surface area contributed by atoms with Crippen molar-refractivity contribution >= 4 is 5.91 Å². The molecule has 1 amide bonds. The van der Waals surface area contributed by atoms with Crippen LogP contribution in [0.25, 0.3) is 0 Å². The van der Waals surface area contributed by atoms with Crippen molar-refractivity contribution < 1.29 is 4.79 Å². The molecule has 4 nitrogen and oxygen atoms in total. The van der Waals surface area contributed by atoms with Crippen LogP contribution in [0, 0.1) is 11.8 Å². The molecule has 1 unspecified atom stereocenters. The SMILES string of the molecule is CCN1CCC(CNCC(=O)NCCC(C)C)C1. The first-order valence-corrected chi connectivity index (χ1v) is 7.31. The minimum atomic E-state index is 0.126. The van der Waals surface area contributed by atoms with Gasteiger partial charge in [0, 0.05) is 13.1 Å². The first kappa shape index (κ1) is 15.4. The minimum Gasteiger partial charge on any atom is -0.355 e. The lowest BCUT2D eigenvalue weighted by Gasteiger charge is -2.13. The molecule has 1 fully saturated rings. The van der Waals surface area contributed by atoms with Crippen LogP contribution in [-0.4, -0.2) is 50.1 Å². The Kier molecular flexibility index (Phi) is 7.28. The smallest absolute Gasteiger partial charge is 0.233 e. The van der Waals surface area contributed by atoms with Gasteiger partial charge >= 0.3 is 0 Å². The van der Waals surface area contributed by atoms with Crippen molar-refractivity contribution in [1.82, 2.24) is 15.5 Å². The van der Waals surface area contributed by atoms with Crippen LogP contribution in [0.3, 0.4) is 0 Å². The maximum atomic E-state index is 11.5. The Labute approximate surface area is 111 Å². The predicted molar refractivity (Wildman–Crippen MR) is 75.6 cm³/mol. The normalized spacial score (nSPS) is 20.6. The molecule has 1 heterocycles. The third-order valence-electron chi connectivity index (χ3n) is 3.58. The van der Waals surface area contributed by atoms with E-state index in [1.807, 2.05) is 0 Å². The Morgan fingerprint density at radius 2 is 2.22 bits per heavy atom. The summed E-state index contributed by atoms with van der Waals surface area (Å²) in [6.45, 7) is 12.3. The number of carbonyl (C=O) groups is 1. The Morgan fingerprint density at radius 1 is 1.44 bits per heavy atom. The highest BCUT2D eigenvalue weighted by Crippen LogP contribution is 2.14. The van der Waals surface area contributed by atoms with Crippen molar-refractivity contribution in [3.63, 3.8) is 0 Å². The van der Waals surface area contributed by atoms with E-state index >= 15 is 0 Å². The van der Waals surface area contributed by atoms with Gasteiger partial charge < -0.3 is 15.5 Å². The van der Waals surface area contributed by atoms with Gasteiger partial charge in [0.05, 0.1) is 6.54 Å². The van der Waals surface area contributed by atoms with Crippen molar-refractivity contribution in [2.75, 3.05) is 39.3 Å². The van der Waals surface area contributed by atoms with Crippen LogP contribution in [-0.2, 0) is 4.79 Å². The number of nitrogens with one attached hydrogen (secondary N) is 2. The van der Waals surface area contributed by atoms with Crippen LogP contribution < -0.4 is 10.6 Å². The Balaban J connectivity index is 1.99. The first-order chi connectivity index (χ1) is 8.61. The summed E-state index contributed by atoms with van der Waals surface area (Å²) in [6, 6.07) is 0. The van der Waals surface area contributed by atoms with Crippen molar-refractivity contribution in [2.45, 2.75) is 33.6 Å². The molecule has 0 aromatic carbocycles. The average Bonchev–Trinajstić information content (AvgIpc) is 2.76. The number of hydrogen-bond acceptors (Lipinski definition) is 3. The lowest BCUT2D eigenvalue weighted by molar-refractivity contribution is -0.120. The van der Waals surface area contributed by atoms with Crippen LogP contribution in [0.2, 0.25) is 0 Å². The molecule has 0 bridgehead atoms. The van der Waals surface area contributed by atoms with Gasteiger partial charge in [0.25, 0.3) is 0 Å². The summed E-state index contributed by atoms with van der Waals surface area (Å²) < 4.78 is 0. The monoisotopic (exact) mass is 255 g/mol. The molecule has 0 aromatic rings. The maximum absolute atomic E-state index is 11.5. The van der Waals surface area contributed by atoms with Gasteiger partial charge in [-0.05, 0) is 44.3 Å². The van der Waals surface area contributed by atoms with Gasteiger partial charge in [-0.2, -0.15) is 0 Å². The summed E-state index contributed by atoms with van der Waals surface area (Å²) in [4.78, 5) is 14.0.